The number of pyridine rings is 1. The zero-order valence-electron chi connectivity index (χ0n) is 19.5. The molecule has 6 nitrogen and oxygen atoms in total. The lowest BCUT2D eigenvalue weighted by Gasteiger charge is -2.17. The summed E-state index contributed by atoms with van der Waals surface area (Å²) in [6.45, 7) is 4.78. The van der Waals surface area contributed by atoms with Crippen LogP contribution < -0.4 is 10.6 Å². The zero-order valence-corrected chi connectivity index (χ0v) is 21.1. The molecule has 3 heterocycles. The summed E-state index contributed by atoms with van der Waals surface area (Å²) in [5.41, 5.74) is 3.02. The van der Waals surface area contributed by atoms with Gasteiger partial charge < -0.3 is 10.6 Å². The number of hydrogen-bond acceptors (Lipinski definition) is 7. The summed E-state index contributed by atoms with van der Waals surface area (Å²) in [7, 11) is 0. The first-order valence-corrected chi connectivity index (χ1v) is 13.3. The van der Waals surface area contributed by atoms with E-state index in [1.165, 1.54) is 5.56 Å². The van der Waals surface area contributed by atoms with Gasteiger partial charge in [0.25, 0.3) is 5.91 Å². The molecule has 1 aliphatic heterocycles. The van der Waals surface area contributed by atoms with Crippen molar-refractivity contribution in [3.63, 3.8) is 0 Å². The Bertz CT molecular complexity index is 1280. The topological polar surface area (TPSA) is 70.1 Å². The van der Waals surface area contributed by atoms with Crippen LogP contribution in [0.4, 0.5) is 10.9 Å². The third-order valence-corrected chi connectivity index (χ3v) is 7.92. The van der Waals surface area contributed by atoms with Crippen LogP contribution in [-0.4, -0.2) is 39.9 Å². The molecule has 0 spiro atoms. The molecule has 35 heavy (non-hydrogen) atoms. The van der Waals surface area contributed by atoms with Gasteiger partial charge in [-0.3, -0.25) is 9.69 Å². The van der Waals surface area contributed by atoms with Gasteiger partial charge in [-0.15, -0.1) is 0 Å². The Labute approximate surface area is 213 Å². The van der Waals surface area contributed by atoms with Crippen LogP contribution in [0.1, 0.15) is 27.9 Å². The number of amides is 1. The van der Waals surface area contributed by atoms with Crippen LogP contribution in [0.15, 0.2) is 88.2 Å². The lowest BCUT2D eigenvalue weighted by molar-refractivity contribution is 0.0937. The van der Waals surface area contributed by atoms with Crippen molar-refractivity contribution >= 4 is 40.0 Å². The Balaban J connectivity index is 1.19. The third-order valence-electron chi connectivity index (χ3n) is 5.91. The van der Waals surface area contributed by atoms with Gasteiger partial charge in [0.1, 0.15) is 5.82 Å². The highest BCUT2D eigenvalue weighted by Gasteiger charge is 2.25. The standard InChI is InChI=1S/C27H27N5OS2/c1-19-10-11-22(34-25-16-29-27(35-25)31-24-9-5-6-13-28-24)15-23(19)26(33)30-21-12-14-32(18-21)17-20-7-3-2-4-8-20/h2-11,13,15-16,21H,12,14,17-18H2,1H3,(H,30,33)(H,28,29,31)/t21-/m0/s1. The second-order valence-electron chi connectivity index (χ2n) is 8.58. The van der Waals surface area contributed by atoms with E-state index in [1.807, 2.05) is 49.5 Å². The van der Waals surface area contributed by atoms with E-state index < -0.39 is 0 Å². The minimum absolute atomic E-state index is 0.00155. The Hall–Kier alpha value is -3.20. The predicted molar refractivity (Wildman–Crippen MR) is 143 cm³/mol. The highest BCUT2D eigenvalue weighted by Crippen LogP contribution is 2.35. The average molecular weight is 502 g/mol. The monoisotopic (exact) mass is 501 g/mol. The van der Waals surface area contributed by atoms with Gasteiger partial charge >= 0.3 is 0 Å². The third kappa shape index (κ3) is 6.28. The van der Waals surface area contributed by atoms with Crippen molar-refractivity contribution in [2.45, 2.75) is 35.0 Å². The fourth-order valence-electron chi connectivity index (χ4n) is 4.13. The zero-order chi connectivity index (χ0) is 24.0. The van der Waals surface area contributed by atoms with E-state index in [1.54, 1.807) is 29.3 Å². The quantitative estimate of drug-likeness (QED) is 0.321. The summed E-state index contributed by atoms with van der Waals surface area (Å²) >= 11 is 3.17. The van der Waals surface area contributed by atoms with Crippen molar-refractivity contribution in [2.75, 3.05) is 18.4 Å². The first-order valence-electron chi connectivity index (χ1n) is 11.6. The highest BCUT2D eigenvalue weighted by atomic mass is 32.2. The maximum Gasteiger partial charge on any atom is 0.251 e. The van der Waals surface area contributed by atoms with E-state index in [-0.39, 0.29) is 11.9 Å². The van der Waals surface area contributed by atoms with Crippen LogP contribution in [0.3, 0.4) is 0 Å². The van der Waals surface area contributed by atoms with E-state index in [0.29, 0.717) is 0 Å². The van der Waals surface area contributed by atoms with Gasteiger partial charge in [0.2, 0.25) is 0 Å². The number of benzene rings is 2. The van der Waals surface area contributed by atoms with Crippen molar-refractivity contribution in [3.8, 4) is 0 Å². The molecule has 1 atom stereocenters. The SMILES string of the molecule is Cc1ccc(Sc2cnc(Nc3ccccn3)s2)cc1C(=O)N[C@H]1CCN(Cc2ccccc2)C1. The van der Waals surface area contributed by atoms with Gasteiger partial charge in [-0.25, -0.2) is 9.97 Å². The van der Waals surface area contributed by atoms with E-state index in [0.717, 1.165) is 57.2 Å². The lowest BCUT2D eigenvalue weighted by atomic mass is 10.1. The number of thiazole rings is 1. The number of aryl methyl sites for hydroxylation is 1. The summed E-state index contributed by atoms with van der Waals surface area (Å²) in [5, 5.41) is 7.27. The second-order valence-corrected chi connectivity index (χ2v) is 11.0. The minimum Gasteiger partial charge on any atom is -0.348 e. The highest BCUT2D eigenvalue weighted by molar-refractivity contribution is 8.01. The molecule has 1 saturated heterocycles. The molecule has 1 aliphatic rings. The Morgan fingerprint density at radius 2 is 1.97 bits per heavy atom. The summed E-state index contributed by atoms with van der Waals surface area (Å²) < 4.78 is 1.05. The molecule has 2 N–H and O–H groups in total. The molecule has 2 aromatic carbocycles. The molecular formula is C27H27N5OS2. The van der Waals surface area contributed by atoms with E-state index in [2.05, 4.69) is 55.8 Å². The fourth-order valence-corrected chi connectivity index (χ4v) is 6.03. The fraction of sp³-hybridized carbons (Fsp3) is 0.222. The molecule has 8 heteroatoms. The number of hydrogen-bond donors (Lipinski definition) is 2. The molecule has 4 aromatic rings. The van der Waals surface area contributed by atoms with Crippen molar-refractivity contribution < 1.29 is 4.79 Å². The number of likely N-dealkylation sites (tertiary alicyclic amines) is 1. The van der Waals surface area contributed by atoms with Crippen molar-refractivity contribution in [1.29, 1.82) is 0 Å². The first-order chi connectivity index (χ1) is 17.1. The summed E-state index contributed by atoms with van der Waals surface area (Å²) in [6, 6.07) is 22.4. The maximum absolute atomic E-state index is 13.1. The number of carbonyl (C=O) groups is 1. The summed E-state index contributed by atoms with van der Waals surface area (Å²) in [4.78, 5) is 25.3. The Morgan fingerprint density at radius 3 is 2.80 bits per heavy atom. The molecule has 0 unspecified atom stereocenters. The molecule has 0 bridgehead atoms. The van der Waals surface area contributed by atoms with Crippen LogP contribution in [0.2, 0.25) is 0 Å². The predicted octanol–water partition coefficient (Wildman–Crippen LogP) is 5.75. The van der Waals surface area contributed by atoms with E-state index in [9.17, 15) is 4.79 Å². The van der Waals surface area contributed by atoms with Gasteiger partial charge in [-0.2, -0.15) is 0 Å². The number of anilines is 2. The number of carbonyl (C=O) groups excluding carboxylic acids is 1. The van der Waals surface area contributed by atoms with Crippen LogP contribution in [-0.2, 0) is 6.54 Å². The van der Waals surface area contributed by atoms with E-state index in [4.69, 9.17) is 0 Å². The van der Waals surface area contributed by atoms with Crippen molar-refractivity contribution in [2.24, 2.45) is 0 Å². The summed E-state index contributed by atoms with van der Waals surface area (Å²) in [5.74, 6) is 0.764. The Kier molecular flexibility index (Phi) is 7.42. The summed E-state index contributed by atoms with van der Waals surface area (Å²) in [6.07, 6.45) is 4.57. The first kappa shape index (κ1) is 23.5. The molecule has 1 fully saturated rings. The van der Waals surface area contributed by atoms with E-state index >= 15 is 0 Å². The minimum atomic E-state index is -0.00155. The number of rotatable bonds is 8. The van der Waals surface area contributed by atoms with Crippen LogP contribution in [0, 0.1) is 6.92 Å². The molecule has 5 rings (SSSR count). The smallest absolute Gasteiger partial charge is 0.251 e. The number of nitrogens with one attached hydrogen (secondary N) is 2. The average Bonchev–Trinajstić information content (AvgIpc) is 3.50. The number of nitrogens with zero attached hydrogens (tertiary/aromatic N) is 3. The Morgan fingerprint density at radius 1 is 1.11 bits per heavy atom. The lowest BCUT2D eigenvalue weighted by Crippen LogP contribution is -2.37. The molecule has 1 amide bonds. The second kappa shape index (κ2) is 11.0. The molecular weight excluding hydrogens is 474 g/mol. The van der Waals surface area contributed by atoms with Crippen LogP contribution in [0.5, 0.6) is 0 Å². The van der Waals surface area contributed by atoms with Gasteiger partial charge in [-0.1, -0.05) is 65.6 Å². The molecule has 0 radical (unpaired) electrons. The molecule has 2 aromatic heterocycles. The van der Waals surface area contributed by atoms with Crippen molar-refractivity contribution in [1.82, 2.24) is 20.2 Å². The molecule has 0 saturated carbocycles. The molecule has 0 aliphatic carbocycles. The number of aromatic nitrogens is 2. The van der Waals surface area contributed by atoms with Gasteiger partial charge in [-0.05, 0) is 48.7 Å². The normalized spacial score (nSPS) is 15.7. The molecule has 178 valence electrons. The largest absolute Gasteiger partial charge is 0.348 e. The van der Waals surface area contributed by atoms with Crippen molar-refractivity contribution in [3.05, 3.63) is 95.8 Å². The van der Waals surface area contributed by atoms with Crippen LogP contribution in [0.25, 0.3) is 0 Å². The van der Waals surface area contributed by atoms with Gasteiger partial charge in [0, 0.05) is 42.3 Å². The maximum atomic E-state index is 13.1. The van der Waals surface area contributed by atoms with Gasteiger partial charge in [0.15, 0.2) is 5.13 Å². The van der Waals surface area contributed by atoms with Crippen LogP contribution >= 0.6 is 23.1 Å². The van der Waals surface area contributed by atoms with Gasteiger partial charge in [0.05, 0.1) is 10.4 Å².